The molecule has 6 saturated carbocycles. The second kappa shape index (κ2) is 13.6. The zero-order valence-electron chi connectivity index (χ0n) is 36.9. The molecule has 17 atom stereocenters. The molecule has 0 radical (unpaired) electrons. The summed E-state index contributed by atoms with van der Waals surface area (Å²) in [6, 6.07) is 0. The van der Waals surface area contributed by atoms with Gasteiger partial charge in [0.15, 0.2) is 51.6 Å². The van der Waals surface area contributed by atoms with Crippen LogP contribution in [0, 0.1) is 51.2 Å². The van der Waals surface area contributed by atoms with Crippen LogP contribution in [0.15, 0.2) is 47.6 Å². The molecule has 0 unspecified atom stereocenters. The van der Waals surface area contributed by atoms with E-state index in [2.05, 4.69) is 6.92 Å². The molecule has 2 aliphatic heterocycles. The molecule has 2 heterocycles. The van der Waals surface area contributed by atoms with E-state index < -0.39 is 112 Å². The third-order valence-electron chi connectivity index (χ3n) is 18.2. The number of ketones is 4. The minimum Gasteiger partial charge on any atom is -0.393 e. The molecule has 62 heavy (non-hydrogen) atoms. The summed E-state index contributed by atoms with van der Waals surface area (Å²) in [5, 5.41) is 42.5. The maximum atomic E-state index is 17.1. The number of hydrogen-bond acceptors (Lipinski definition) is 12. The average Bonchev–Trinajstić information content (AvgIpc) is 3.81. The molecular formula is C48H62F2O12. The first-order valence-electron chi connectivity index (χ1n) is 22.4. The van der Waals surface area contributed by atoms with Crippen LogP contribution >= 0.6 is 0 Å². The Balaban J connectivity index is 0.000000158. The lowest BCUT2D eigenvalue weighted by molar-refractivity contribution is -0.248. The van der Waals surface area contributed by atoms with Crippen LogP contribution in [-0.2, 0) is 38.1 Å². The van der Waals surface area contributed by atoms with E-state index in [-0.39, 0.29) is 59.6 Å². The number of ether oxygens (including phenoxy) is 4. The van der Waals surface area contributed by atoms with Crippen LogP contribution in [0.25, 0.3) is 0 Å². The Hall–Kier alpha value is -2.82. The number of rotatable bonds is 4. The van der Waals surface area contributed by atoms with E-state index in [1.54, 1.807) is 46.8 Å². The van der Waals surface area contributed by atoms with Crippen molar-refractivity contribution >= 4 is 23.1 Å². The number of aliphatic hydroxyl groups excluding tert-OH is 4. The maximum Gasteiger partial charge on any atom is 0.193 e. The highest BCUT2D eigenvalue weighted by Gasteiger charge is 2.81. The fourth-order valence-electron chi connectivity index (χ4n) is 16.0. The number of alkyl halides is 2. The van der Waals surface area contributed by atoms with E-state index >= 15 is 8.78 Å². The molecule has 340 valence electrons. The fourth-order valence-corrected chi connectivity index (χ4v) is 16.0. The van der Waals surface area contributed by atoms with Gasteiger partial charge in [-0.25, -0.2) is 8.78 Å². The first-order valence-corrected chi connectivity index (χ1v) is 22.4. The lowest BCUT2D eigenvalue weighted by atomic mass is 9.44. The van der Waals surface area contributed by atoms with Crippen LogP contribution in [-0.4, -0.2) is 116 Å². The van der Waals surface area contributed by atoms with Crippen molar-refractivity contribution in [3.8, 4) is 0 Å². The Morgan fingerprint density at radius 3 is 1.85 bits per heavy atom. The van der Waals surface area contributed by atoms with Gasteiger partial charge in [0.2, 0.25) is 0 Å². The van der Waals surface area contributed by atoms with E-state index in [9.17, 15) is 39.6 Å². The number of carbonyl (C=O) groups is 4. The first-order chi connectivity index (χ1) is 28.7. The van der Waals surface area contributed by atoms with Gasteiger partial charge in [-0.05, 0) is 127 Å². The van der Waals surface area contributed by atoms with Gasteiger partial charge in [-0.2, -0.15) is 0 Å². The van der Waals surface area contributed by atoms with Gasteiger partial charge in [0, 0.05) is 33.5 Å². The monoisotopic (exact) mass is 868 g/mol. The number of allylic oxidation sites excluding steroid dienone is 8. The van der Waals surface area contributed by atoms with E-state index in [1.807, 2.05) is 13.0 Å². The zero-order valence-corrected chi connectivity index (χ0v) is 36.9. The molecule has 10 rings (SSSR count). The highest BCUT2D eigenvalue weighted by atomic mass is 19.1. The van der Waals surface area contributed by atoms with E-state index in [1.165, 1.54) is 19.1 Å². The molecule has 2 saturated heterocycles. The highest BCUT2D eigenvalue weighted by molar-refractivity contribution is 6.02. The van der Waals surface area contributed by atoms with E-state index in [0.29, 0.717) is 12.8 Å². The number of halogens is 2. The number of aliphatic hydroxyl groups is 4. The Labute approximate surface area is 361 Å². The molecular weight excluding hydrogens is 807 g/mol. The Morgan fingerprint density at radius 1 is 0.742 bits per heavy atom. The van der Waals surface area contributed by atoms with Crippen LogP contribution < -0.4 is 0 Å². The van der Waals surface area contributed by atoms with Crippen molar-refractivity contribution in [2.75, 3.05) is 13.2 Å². The van der Waals surface area contributed by atoms with Crippen molar-refractivity contribution in [3.05, 3.63) is 47.6 Å². The second-order valence-electron chi connectivity index (χ2n) is 21.9. The molecule has 10 aliphatic rings. The highest BCUT2D eigenvalue weighted by Crippen LogP contribution is 2.73. The normalized spacial score (nSPS) is 52.1. The van der Waals surface area contributed by atoms with Gasteiger partial charge in [-0.3, -0.25) is 19.2 Å². The molecule has 12 nitrogen and oxygen atoms in total. The lowest BCUT2D eigenvalue weighted by Gasteiger charge is -2.63. The minimum atomic E-state index is -2.24. The molecule has 14 heteroatoms. The quantitative estimate of drug-likeness (QED) is 0.306. The SMILES string of the molecule is CC1(C)O[C@@H]2C[C@H]3[C@@H]4CCC5=CC(=O)C=C[C@]5(C)[C@H]4[C@@H](O)C[C@]3(C)[C@]2(C(=O)CO)O1.CC1(C)O[C@@H]2C[C@H]3[C@@H]4C[C@H](F)C5=CC(=O)C=C[C@]5(C)[C@@]4(F)[C@@H](O)C[C@]3(C)[C@]2(C(=O)CO)O1. The fraction of sp³-hybridized carbons (Fsp3) is 0.750. The first kappa shape index (κ1) is 44.4. The van der Waals surface area contributed by atoms with Gasteiger partial charge in [0.25, 0.3) is 0 Å². The minimum absolute atomic E-state index is 0.0167. The summed E-state index contributed by atoms with van der Waals surface area (Å²) in [6.07, 6.45) is 6.89. The molecule has 8 aliphatic carbocycles. The summed E-state index contributed by atoms with van der Waals surface area (Å²) in [5.74, 6) is -4.48. The number of hydrogen-bond donors (Lipinski definition) is 4. The molecule has 0 spiro atoms. The molecule has 8 fully saturated rings. The summed E-state index contributed by atoms with van der Waals surface area (Å²) in [4.78, 5) is 50.2. The van der Waals surface area contributed by atoms with Gasteiger partial charge in [-0.1, -0.05) is 38.5 Å². The number of fused-ring (bicyclic) bond motifs is 14. The van der Waals surface area contributed by atoms with Crippen LogP contribution in [0.3, 0.4) is 0 Å². The molecule has 0 aromatic heterocycles. The lowest BCUT2D eigenvalue weighted by Crippen LogP contribution is -2.71. The third kappa shape index (κ3) is 5.38. The van der Waals surface area contributed by atoms with Crippen LogP contribution in [0.4, 0.5) is 8.78 Å². The molecule has 0 aromatic carbocycles. The molecule has 0 amide bonds. The van der Waals surface area contributed by atoms with Gasteiger partial charge >= 0.3 is 0 Å². The maximum absolute atomic E-state index is 17.1. The Bertz CT molecular complexity index is 2130. The summed E-state index contributed by atoms with van der Waals surface area (Å²) in [6.45, 7) is 13.1. The average molecular weight is 869 g/mol. The Morgan fingerprint density at radius 2 is 1.27 bits per heavy atom. The van der Waals surface area contributed by atoms with Crippen molar-refractivity contribution in [2.45, 2.75) is 159 Å². The summed E-state index contributed by atoms with van der Waals surface area (Å²) in [5.41, 5.74) is -7.42. The topological polar surface area (TPSA) is 186 Å². The smallest absolute Gasteiger partial charge is 0.193 e. The van der Waals surface area contributed by atoms with Crippen LogP contribution in [0.5, 0.6) is 0 Å². The van der Waals surface area contributed by atoms with Crippen molar-refractivity contribution in [3.63, 3.8) is 0 Å². The van der Waals surface area contributed by atoms with Gasteiger partial charge in [0.1, 0.15) is 19.4 Å². The largest absolute Gasteiger partial charge is 0.393 e. The predicted octanol–water partition coefficient (Wildman–Crippen LogP) is 4.69. The van der Waals surface area contributed by atoms with Crippen LogP contribution in [0.2, 0.25) is 0 Å². The third-order valence-corrected chi connectivity index (χ3v) is 18.2. The molecule has 0 bridgehead atoms. The molecule has 0 aromatic rings. The van der Waals surface area contributed by atoms with Crippen molar-refractivity contribution in [1.29, 1.82) is 0 Å². The number of carbonyl (C=O) groups excluding carboxylic acids is 4. The predicted molar refractivity (Wildman–Crippen MR) is 217 cm³/mol. The standard InChI is InChI=1S/C24H30F2O6.C24H32O6/c1-20(2)31-19-9-13-14-8-16(25)15-7-12(28)5-6-21(15,3)23(14,26)17(29)10-22(13,4)24(19,32-20)18(30)11-27;1-21(2)29-19-10-16-15-6-5-13-9-14(26)7-8-22(13,3)20(15)17(27)11-23(16,4)24(19,30-21)18(28)12-25/h5-7,13-14,16-17,19,27,29H,8-11H2,1-4H3;7-9,15-17,19-20,25,27H,5-6,10-12H2,1-4H3/t13-,14-,16-,17-,19+,21-,22-,23-,24+;15-,16-,17-,19+,20+,22-,23-,24+/m00/s1. The molecule has 4 N–H and O–H groups in total. The van der Waals surface area contributed by atoms with E-state index in [4.69, 9.17) is 18.9 Å². The van der Waals surface area contributed by atoms with E-state index in [0.717, 1.165) is 24.5 Å². The van der Waals surface area contributed by atoms with Crippen molar-refractivity contribution in [2.24, 2.45) is 51.2 Å². The second-order valence-corrected chi connectivity index (χ2v) is 21.9. The number of Topliss-reactive ketones (excluding diaryl/α,β-unsaturated/α-hetero) is 2. The van der Waals surface area contributed by atoms with Crippen molar-refractivity contribution in [1.82, 2.24) is 0 Å². The summed E-state index contributed by atoms with van der Waals surface area (Å²) >= 11 is 0. The van der Waals surface area contributed by atoms with Gasteiger partial charge in [-0.15, -0.1) is 0 Å². The summed E-state index contributed by atoms with van der Waals surface area (Å²) in [7, 11) is 0. The zero-order chi connectivity index (χ0) is 45.2. The van der Waals surface area contributed by atoms with Crippen molar-refractivity contribution < 1.29 is 67.3 Å². The van der Waals surface area contributed by atoms with Gasteiger partial charge < -0.3 is 39.4 Å². The van der Waals surface area contributed by atoms with Crippen LogP contribution in [0.1, 0.15) is 100 Å². The summed E-state index contributed by atoms with van der Waals surface area (Å²) < 4.78 is 57.4. The Kier molecular flexibility index (Phi) is 9.75. The van der Waals surface area contributed by atoms with Gasteiger partial charge in [0.05, 0.1) is 24.4 Å².